The fraction of sp³-hybridized carbons (Fsp3) is 0.193. The van der Waals surface area contributed by atoms with E-state index in [4.69, 9.17) is 15.0 Å². The van der Waals surface area contributed by atoms with Crippen LogP contribution in [0.5, 0.6) is 0 Å². The summed E-state index contributed by atoms with van der Waals surface area (Å²) in [5.41, 5.74) is 23.3. The molecular weight excluding hydrogens is 2290 g/mol. The summed E-state index contributed by atoms with van der Waals surface area (Å²) >= 11 is 0. The molecule has 9 heterocycles. The first-order chi connectivity index (χ1) is 63.9. The van der Waals surface area contributed by atoms with Crippen LogP contribution in [0.4, 0.5) is 0 Å². The standard InChI is InChI=1S/C36H36NSi2.C26H32NSi2.C24H26NO2SSi.3C11H8N.3Ir/c1-26(2)22-28-24-33(37-25-36(28)38(3,4)5)27-20-21-35-32(23-27)31-18-12-13-19-34(31)39(35,29-14-8-6-9-15-29)30-16-10-7-11-17-30;1-18(2)14-20-16-23(27-17-26(20)28(3,4)5)19-12-13-25-22(15-19)21-10-8-9-11-24(21)29(25,6)7;1-16(2)12-18-14-21(25-15-24(18)29(3,4)5)17-10-11-23-20(13-17)19-8-6-7-9-22(19)28(23,26)27;3*1-2-6-10(7-3-1)11-8-4-5-9-12-11;;;/h6-19,21,23-26H,22H2,1-5H3;8-11,13,15-18H,14H2,1-7H3;6-9,11,13-16H,12H2,1-5H3;3*1-6,8-9H;;;/q6*-1;;;. The van der Waals surface area contributed by atoms with E-state index in [-0.39, 0.29) is 60.3 Å². The van der Waals surface area contributed by atoms with Gasteiger partial charge in [-0.05, 0) is 138 Å². The number of hydrogen-bond donors (Lipinski definition) is 0. The molecule has 0 saturated heterocycles. The van der Waals surface area contributed by atoms with Gasteiger partial charge in [0.05, 0.1) is 37.2 Å². The number of benzene rings is 11. The molecule has 6 aromatic heterocycles. The summed E-state index contributed by atoms with van der Waals surface area (Å²) in [6.45, 7) is 40.1. The van der Waals surface area contributed by atoms with Gasteiger partial charge in [0.1, 0.15) is 8.07 Å². The molecule has 0 amide bonds. The maximum Gasteiger partial charge on any atom is 0.173 e. The molecule has 17 aromatic rings. The van der Waals surface area contributed by atoms with Gasteiger partial charge in [0.2, 0.25) is 0 Å². The second kappa shape index (κ2) is 45.7. The Bertz CT molecular complexity index is 6660. The van der Waals surface area contributed by atoms with Crippen LogP contribution in [0.2, 0.25) is 72.0 Å². The van der Waals surface area contributed by atoms with Crippen LogP contribution in [0.15, 0.2) is 362 Å². The van der Waals surface area contributed by atoms with Crippen LogP contribution >= 0.6 is 0 Å². The van der Waals surface area contributed by atoms with Gasteiger partial charge in [-0.2, -0.15) is 0 Å². The minimum absolute atomic E-state index is 0. The Balaban J connectivity index is 0.000000154. The molecule has 136 heavy (non-hydrogen) atoms. The van der Waals surface area contributed by atoms with E-state index in [1.54, 1.807) is 42.0 Å². The minimum Gasteiger partial charge on any atom is -0.305 e. The summed E-state index contributed by atoms with van der Waals surface area (Å²) in [6, 6.07) is 128. The molecule has 0 spiro atoms. The van der Waals surface area contributed by atoms with E-state index in [1.165, 1.54) is 80.4 Å². The molecule has 20 rings (SSSR count). The van der Waals surface area contributed by atoms with Crippen molar-refractivity contribution in [1.29, 1.82) is 0 Å². The summed E-state index contributed by atoms with van der Waals surface area (Å²) < 4.78 is 25.6. The number of pyridine rings is 6. The average molecular weight is 2410 g/mol. The van der Waals surface area contributed by atoms with Gasteiger partial charge in [0, 0.05) is 97.5 Å². The Hall–Kier alpha value is -10.7. The summed E-state index contributed by atoms with van der Waals surface area (Å²) in [7, 11) is -12.0. The van der Waals surface area contributed by atoms with Crippen LogP contribution in [-0.4, -0.2) is 78.7 Å². The number of sulfone groups is 1. The van der Waals surface area contributed by atoms with Crippen molar-refractivity contribution in [2.75, 3.05) is 0 Å². The SMILES string of the molecule is CC(C)Cc1cc(-c2[c-]cc3c(c2)-c2ccccc2S3(=O)=O)ncc1[Si](C)(C)C.CC(C)Cc1cc(-c2[c-]cc3c(c2)-c2ccccc2[Si]3(C)C)ncc1[Si](C)(C)C.CC(C)Cc1cc(-c2[c-]cc3c(c2)-c2ccccc2[Si]3(c2ccccc2)c2ccccc2)ncc1[Si](C)(C)C.[Ir].[Ir].[Ir].[c-]1ccccc1-c1ccccn1.[c-]1ccccc1-c1ccccn1.[c-]1ccccc1-c1ccccn1. The van der Waals surface area contributed by atoms with Gasteiger partial charge < -0.3 is 29.9 Å². The first-order valence-electron chi connectivity index (χ1n) is 46.3. The Morgan fingerprint density at radius 2 is 0.610 bits per heavy atom. The molecule has 0 bridgehead atoms. The number of rotatable bonds is 17. The van der Waals surface area contributed by atoms with E-state index in [0.717, 1.165) is 97.9 Å². The third-order valence-corrected chi connectivity index (χ3v) is 41.1. The molecule has 3 radical (unpaired) electrons. The predicted molar refractivity (Wildman–Crippen MR) is 571 cm³/mol. The van der Waals surface area contributed by atoms with Crippen molar-refractivity contribution in [3.8, 4) is 101 Å². The molecular formula is C119H118Ir3N6O2SSi5-6. The fourth-order valence-corrected chi connectivity index (χ4v) is 33.0. The van der Waals surface area contributed by atoms with Gasteiger partial charge in [-0.3, -0.25) is 0 Å². The van der Waals surface area contributed by atoms with E-state index < -0.39 is 50.2 Å². The van der Waals surface area contributed by atoms with Crippen molar-refractivity contribution in [3.05, 3.63) is 406 Å². The quantitative estimate of drug-likeness (QED) is 0.0655. The number of hydrogen-bond acceptors (Lipinski definition) is 8. The van der Waals surface area contributed by atoms with Crippen molar-refractivity contribution in [2.24, 2.45) is 17.8 Å². The van der Waals surface area contributed by atoms with Gasteiger partial charge >= 0.3 is 0 Å². The van der Waals surface area contributed by atoms with E-state index >= 15 is 0 Å². The summed E-state index contributed by atoms with van der Waals surface area (Å²) in [6.07, 6.45) is 14.9. The maximum atomic E-state index is 12.8. The predicted octanol–water partition coefficient (Wildman–Crippen LogP) is 23.5. The average Bonchev–Trinajstić information content (AvgIpc) is 1.53. The summed E-state index contributed by atoms with van der Waals surface area (Å²) in [5, 5.41) is 13.1. The molecule has 0 N–H and O–H groups in total. The summed E-state index contributed by atoms with van der Waals surface area (Å²) in [5.74, 6) is 1.80. The van der Waals surface area contributed by atoms with Gasteiger partial charge in [-0.25, -0.2) is 8.42 Å². The Morgan fingerprint density at radius 3 is 0.978 bits per heavy atom. The van der Waals surface area contributed by atoms with E-state index in [0.29, 0.717) is 27.5 Å². The van der Waals surface area contributed by atoms with E-state index in [9.17, 15) is 8.42 Å². The van der Waals surface area contributed by atoms with E-state index in [2.05, 4.69) is 329 Å². The Morgan fingerprint density at radius 1 is 0.287 bits per heavy atom. The molecule has 0 aliphatic carbocycles. The maximum absolute atomic E-state index is 12.8. The molecule has 17 heteroatoms. The first kappa shape index (κ1) is 104. The van der Waals surface area contributed by atoms with Crippen LogP contribution in [0.25, 0.3) is 101 Å². The third-order valence-electron chi connectivity index (χ3n) is 24.6. The zero-order valence-corrected chi connectivity index (χ0v) is 93.7. The number of aromatic nitrogens is 6. The van der Waals surface area contributed by atoms with E-state index in [1.807, 2.05) is 152 Å². The number of fused-ring (bicyclic) bond motifs is 9. The smallest absolute Gasteiger partial charge is 0.173 e. The largest absolute Gasteiger partial charge is 0.305 e. The molecule has 0 unspecified atom stereocenters. The van der Waals surface area contributed by atoms with Crippen LogP contribution in [0.1, 0.15) is 58.2 Å². The van der Waals surface area contributed by atoms with Crippen molar-refractivity contribution < 1.29 is 68.7 Å². The second-order valence-electron chi connectivity index (χ2n) is 39.4. The molecule has 3 aliphatic rings. The first-order valence-corrected chi connectivity index (χ1v) is 63.3. The molecule has 695 valence electrons. The van der Waals surface area contributed by atoms with Crippen LogP contribution in [-0.2, 0) is 89.4 Å². The monoisotopic (exact) mass is 2410 g/mol. The number of nitrogens with zero attached hydrogens (tertiary/aromatic N) is 6. The van der Waals surface area contributed by atoms with Crippen LogP contribution in [0.3, 0.4) is 0 Å². The van der Waals surface area contributed by atoms with Crippen molar-refractivity contribution in [3.63, 3.8) is 0 Å². The fourth-order valence-electron chi connectivity index (χ4n) is 18.4. The molecule has 0 fully saturated rings. The van der Waals surface area contributed by atoms with Crippen molar-refractivity contribution >= 4 is 96.9 Å². The molecule has 0 atom stereocenters. The molecule has 8 nitrogen and oxygen atoms in total. The van der Waals surface area contributed by atoms with Gasteiger partial charge in [0.15, 0.2) is 9.84 Å². The second-order valence-corrected chi connectivity index (χ2v) is 64.4. The Kier molecular flexibility index (Phi) is 35.0. The van der Waals surface area contributed by atoms with Gasteiger partial charge in [-0.15, -0.1) is 189 Å². The zero-order chi connectivity index (χ0) is 93.8. The topological polar surface area (TPSA) is 111 Å². The van der Waals surface area contributed by atoms with Crippen LogP contribution in [0, 0.1) is 54.2 Å². The minimum atomic E-state index is -3.46. The normalized spacial score (nSPS) is 12.8. The van der Waals surface area contributed by atoms with Crippen molar-refractivity contribution in [2.45, 2.75) is 143 Å². The Labute approximate surface area is 854 Å². The molecule has 11 aromatic carbocycles. The van der Waals surface area contributed by atoms with Crippen molar-refractivity contribution in [1.82, 2.24) is 29.9 Å². The summed E-state index contributed by atoms with van der Waals surface area (Å²) in [4.78, 5) is 28.1. The zero-order valence-electron chi connectivity index (χ0n) is 80.7. The van der Waals surface area contributed by atoms with Gasteiger partial charge in [0.25, 0.3) is 0 Å². The van der Waals surface area contributed by atoms with Crippen LogP contribution < -0.4 is 46.7 Å². The third kappa shape index (κ3) is 23.8. The van der Waals surface area contributed by atoms with Gasteiger partial charge in [-0.1, -0.05) is 344 Å². The molecule has 0 saturated carbocycles. The molecule has 3 aliphatic heterocycles.